The molecule has 1 aromatic heterocycles. The summed E-state index contributed by atoms with van der Waals surface area (Å²) >= 11 is 1.21. The number of carbonyl (C=O) groups is 2. The fourth-order valence-electron chi connectivity index (χ4n) is 2.20. The lowest BCUT2D eigenvalue weighted by Crippen LogP contribution is -2.42. The molecule has 1 heterocycles. The molecule has 1 N–H and O–H groups in total. The van der Waals surface area contributed by atoms with Gasteiger partial charge in [-0.2, -0.15) is 0 Å². The van der Waals surface area contributed by atoms with Crippen molar-refractivity contribution in [1.82, 2.24) is 10.3 Å². The molecule has 1 rings (SSSR count). The van der Waals surface area contributed by atoms with Crippen molar-refractivity contribution in [2.75, 3.05) is 6.61 Å². The molecule has 0 radical (unpaired) electrons. The number of nitrogens with one attached hydrogen (secondary N) is 1. The molecule has 0 fully saturated rings. The molecule has 27 heavy (non-hydrogen) atoms. The summed E-state index contributed by atoms with van der Waals surface area (Å²) in [7, 11) is 0. The second kappa shape index (κ2) is 10.1. The average molecular weight is 398 g/mol. The molecule has 2 atom stereocenters. The Hall–Kier alpha value is -2.32. The van der Waals surface area contributed by atoms with Gasteiger partial charge in [0.15, 0.2) is 5.69 Å². The van der Waals surface area contributed by atoms with Crippen LogP contribution >= 0.6 is 11.3 Å². The van der Waals surface area contributed by atoms with E-state index in [1.165, 1.54) is 11.3 Å². The van der Waals surface area contributed by atoms with E-state index in [4.69, 9.17) is 15.0 Å². The molecule has 0 bridgehead atoms. The molecule has 0 saturated carbocycles. The molecule has 0 spiro atoms. The number of esters is 1. The van der Waals surface area contributed by atoms with Gasteiger partial charge in [0.25, 0.3) is 0 Å². The van der Waals surface area contributed by atoms with Crippen LogP contribution in [0.1, 0.15) is 69.5 Å². The van der Waals surface area contributed by atoms with Crippen LogP contribution in [0.5, 0.6) is 0 Å². The minimum absolute atomic E-state index is 0.0680. The first-order valence-corrected chi connectivity index (χ1v) is 9.61. The largest absolute Gasteiger partial charge is 0.461 e. The standard InChI is InChI=1S/C17H27N5O4S/c1-7-25-15(23)13-9-27-14(19-13)12(21-22-18)8-11(10(2)3)20-16(24)26-17(4,5)6/h9-12H,7-8H2,1-6H3,(H,20,24)/t11-,12-/m1/s1. The van der Waals surface area contributed by atoms with Crippen LogP contribution in [-0.4, -0.2) is 35.3 Å². The van der Waals surface area contributed by atoms with Gasteiger partial charge < -0.3 is 14.8 Å². The molecular formula is C17H27N5O4S. The monoisotopic (exact) mass is 397 g/mol. The van der Waals surface area contributed by atoms with Crippen LogP contribution in [0, 0.1) is 5.92 Å². The summed E-state index contributed by atoms with van der Waals surface area (Å²) < 4.78 is 10.2. The number of azide groups is 1. The van der Waals surface area contributed by atoms with Crippen LogP contribution in [-0.2, 0) is 9.47 Å². The van der Waals surface area contributed by atoms with Crippen molar-refractivity contribution in [3.05, 3.63) is 26.5 Å². The van der Waals surface area contributed by atoms with E-state index in [0.29, 0.717) is 11.4 Å². The number of carbonyl (C=O) groups excluding carboxylic acids is 2. The van der Waals surface area contributed by atoms with E-state index in [1.807, 2.05) is 13.8 Å². The fraction of sp³-hybridized carbons (Fsp3) is 0.706. The second-order valence-electron chi connectivity index (χ2n) is 7.24. The number of alkyl carbamates (subject to hydrolysis) is 1. The summed E-state index contributed by atoms with van der Waals surface area (Å²) in [4.78, 5) is 31.0. The van der Waals surface area contributed by atoms with Gasteiger partial charge in [-0.1, -0.05) is 19.0 Å². The highest BCUT2D eigenvalue weighted by atomic mass is 32.1. The lowest BCUT2D eigenvalue weighted by atomic mass is 9.97. The molecule has 0 unspecified atom stereocenters. The SMILES string of the molecule is CCOC(=O)c1csc([C@@H](C[C@@H](NC(=O)OC(C)(C)C)C(C)C)N=[N+]=[N-])n1. The summed E-state index contributed by atoms with van der Waals surface area (Å²) in [6.07, 6.45) is -0.205. The third-order valence-electron chi connectivity index (χ3n) is 3.47. The van der Waals surface area contributed by atoms with Crippen LogP contribution < -0.4 is 5.32 Å². The molecule has 0 aliphatic carbocycles. The van der Waals surface area contributed by atoms with Gasteiger partial charge in [-0.3, -0.25) is 0 Å². The van der Waals surface area contributed by atoms with Gasteiger partial charge in [-0.15, -0.1) is 11.3 Å². The van der Waals surface area contributed by atoms with Crippen LogP contribution in [0.25, 0.3) is 10.4 Å². The third kappa shape index (κ3) is 7.84. The summed E-state index contributed by atoms with van der Waals surface area (Å²) in [6.45, 7) is 11.2. The van der Waals surface area contributed by atoms with E-state index in [-0.39, 0.29) is 24.3 Å². The summed E-state index contributed by atoms with van der Waals surface area (Å²) in [6, 6.07) is -0.921. The minimum atomic E-state index is -0.620. The number of nitrogens with zero attached hydrogens (tertiary/aromatic N) is 4. The van der Waals surface area contributed by atoms with Gasteiger partial charge >= 0.3 is 12.1 Å². The van der Waals surface area contributed by atoms with Crippen molar-refractivity contribution in [2.24, 2.45) is 11.0 Å². The predicted octanol–water partition coefficient (Wildman–Crippen LogP) is 4.61. The topological polar surface area (TPSA) is 126 Å². The normalized spacial score (nSPS) is 13.4. The number of hydrogen-bond donors (Lipinski definition) is 1. The van der Waals surface area contributed by atoms with Crippen molar-refractivity contribution in [3.63, 3.8) is 0 Å². The van der Waals surface area contributed by atoms with Gasteiger partial charge in [-0.05, 0) is 45.6 Å². The molecule has 1 aromatic rings. The molecule has 9 nitrogen and oxygen atoms in total. The average Bonchev–Trinajstić information content (AvgIpc) is 3.01. The van der Waals surface area contributed by atoms with Gasteiger partial charge in [0.05, 0.1) is 12.6 Å². The number of ether oxygens (including phenoxy) is 2. The van der Waals surface area contributed by atoms with Crippen molar-refractivity contribution in [3.8, 4) is 0 Å². The lowest BCUT2D eigenvalue weighted by molar-refractivity contribution is 0.0483. The Bertz CT molecular complexity index is 692. The third-order valence-corrected chi connectivity index (χ3v) is 4.41. The van der Waals surface area contributed by atoms with Crippen LogP contribution in [0.4, 0.5) is 4.79 Å². The number of amides is 1. The maximum absolute atomic E-state index is 12.1. The summed E-state index contributed by atoms with van der Waals surface area (Å²) in [5.74, 6) is -0.453. The Balaban J connectivity index is 2.93. The number of aromatic nitrogens is 1. The highest BCUT2D eigenvalue weighted by Gasteiger charge is 2.26. The zero-order valence-corrected chi connectivity index (χ0v) is 17.4. The van der Waals surface area contributed by atoms with E-state index in [0.717, 1.165) is 0 Å². The molecular weight excluding hydrogens is 370 g/mol. The first-order chi connectivity index (χ1) is 12.6. The Morgan fingerprint density at radius 2 is 2.07 bits per heavy atom. The van der Waals surface area contributed by atoms with E-state index >= 15 is 0 Å². The second-order valence-corrected chi connectivity index (χ2v) is 8.13. The van der Waals surface area contributed by atoms with Gasteiger partial charge in [-0.25, -0.2) is 14.6 Å². The first-order valence-electron chi connectivity index (χ1n) is 8.73. The van der Waals surface area contributed by atoms with Crippen molar-refractivity contribution >= 4 is 23.4 Å². The van der Waals surface area contributed by atoms with Crippen LogP contribution in [0.15, 0.2) is 10.5 Å². The van der Waals surface area contributed by atoms with Crippen molar-refractivity contribution in [2.45, 2.75) is 65.6 Å². The maximum atomic E-state index is 12.1. The molecule has 0 aliphatic heterocycles. The quantitative estimate of drug-likeness (QED) is 0.296. The van der Waals surface area contributed by atoms with E-state index < -0.39 is 23.7 Å². The van der Waals surface area contributed by atoms with E-state index in [1.54, 1.807) is 33.1 Å². The van der Waals surface area contributed by atoms with Crippen molar-refractivity contribution in [1.29, 1.82) is 0 Å². The first kappa shape index (κ1) is 22.7. The fourth-order valence-corrected chi connectivity index (χ4v) is 3.03. The van der Waals surface area contributed by atoms with Gasteiger partial charge in [0, 0.05) is 16.3 Å². The Morgan fingerprint density at radius 3 is 2.59 bits per heavy atom. The van der Waals surface area contributed by atoms with Crippen LogP contribution in [0.3, 0.4) is 0 Å². The molecule has 1 amide bonds. The Kier molecular flexibility index (Phi) is 8.52. The molecule has 0 aliphatic rings. The number of thiazole rings is 1. The lowest BCUT2D eigenvalue weighted by Gasteiger charge is -2.27. The number of rotatable bonds is 8. The molecule has 0 saturated heterocycles. The van der Waals surface area contributed by atoms with E-state index in [2.05, 4.69) is 20.3 Å². The smallest absolute Gasteiger partial charge is 0.407 e. The molecule has 10 heteroatoms. The zero-order chi connectivity index (χ0) is 20.6. The summed E-state index contributed by atoms with van der Waals surface area (Å²) in [5.41, 5.74) is 8.48. The number of hydrogen-bond acceptors (Lipinski definition) is 7. The Morgan fingerprint density at radius 1 is 1.41 bits per heavy atom. The zero-order valence-electron chi connectivity index (χ0n) is 16.6. The highest BCUT2D eigenvalue weighted by molar-refractivity contribution is 7.09. The highest BCUT2D eigenvalue weighted by Crippen LogP contribution is 2.28. The van der Waals surface area contributed by atoms with Gasteiger partial charge in [0.2, 0.25) is 0 Å². The minimum Gasteiger partial charge on any atom is -0.461 e. The van der Waals surface area contributed by atoms with Gasteiger partial charge in [0.1, 0.15) is 10.6 Å². The molecule has 150 valence electrons. The van der Waals surface area contributed by atoms with Crippen LogP contribution in [0.2, 0.25) is 0 Å². The van der Waals surface area contributed by atoms with Crippen molar-refractivity contribution < 1.29 is 19.1 Å². The predicted molar refractivity (Wildman–Crippen MR) is 103 cm³/mol. The maximum Gasteiger partial charge on any atom is 0.407 e. The summed E-state index contributed by atoms with van der Waals surface area (Å²) in [5, 5.41) is 8.69. The molecule has 0 aromatic carbocycles. The van der Waals surface area contributed by atoms with E-state index in [9.17, 15) is 9.59 Å². The Labute approximate surface area is 163 Å².